The number of nitrogens with zero attached hydrogens (tertiary/aromatic N) is 2. The molecule has 1 aliphatic carbocycles. The molecule has 1 saturated heterocycles. The maximum atomic E-state index is 13.2. The summed E-state index contributed by atoms with van der Waals surface area (Å²) in [4.78, 5) is 41.2. The lowest BCUT2D eigenvalue weighted by atomic mass is 9.76. The Bertz CT molecular complexity index is 712. The van der Waals surface area contributed by atoms with Gasteiger partial charge in [-0.15, -0.1) is 0 Å². The molecular formula is C20H27N3O3. The van der Waals surface area contributed by atoms with Gasteiger partial charge in [0, 0.05) is 13.1 Å². The minimum Gasteiger partial charge on any atom is -0.341 e. The van der Waals surface area contributed by atoms with Crippen LogP contribution in [0.3, 0.4) is 0 Å². The zero-order chi connectivity index (χ0) is 18.7. The number of benzene rings is 1. The molecule has 1 aromatic carbocycles. The number of hydrogen-bond donors (Lipinski definition) is 1. The molecule has 6 heteroatoms. The van der Waals surface area contributed by atoms with Gasteiger partial charge in [-0.25, -0.2) is 4.79 Å². The van der Waals surface area contributed by atoms with E-state index in [1.807, 2.05) is 38.1 Å². The third-order valence-electron chi connectivity index (χ3n) is 5.28. The van der Waals surface area contributed by atoms with Gasteiger partial charge in [0.05, 0.1) is 0 Å². The lowest BCUT2D eigenvalue weighted by Crippen LogP contribution is -2.47. The molecule has 2 aliphatic rings. The van der Waals surface area contributed by atoms with Crippen LogP contribution in [-0.4, -0.2) is 47.3 Å². The summed E-state index contributed by atoms with van der Waals surface area (Å²) in [5.41, 5.74) is 0.963. The number of urea groups is 1. The zero-order valence-electron chi connectivity index (χ0n) is 15.6. The molecule has 1 spiro atoms. The van der Waals surface area contributed by atoms with E-state index in [9.17, 15) is 14.4 Å². The molecule has 0 unspecified atom stereocenters. The molecule has 1 heterocycles. The van der Waals surface area contributed by atoms with Gasteiger partial charge in [0.1, 0.15) is 12.1 Å². The van der Waals surface area contributed by atoms with E-state index in [0.717, 1.165) is 41.7 Å². The van der Waals surface area contributed by atoms with E-state index in [2.05, 4.69) is 5.32 Å². The van der Waals surface area contributed by atoms with Crippen LogP contribution in [0.2, 0.25) is 0 Å². The number of aryl methyl sites for hydroxylation is 1. The molecule has 6 nitrogen and oxygen atoms in total. The van der Waals surface area contributed by atoms with E-state index >= 15 is 0 Å². The molecule has 3 rings (SSSR count). The molecule has 140 valence electrons. The predicted octanol–water partition coefficient (Wildman–Crippen LogP) is 2.42. The van der Waals surface area contributed by atoms with Crippen LogP contribution >= 0.6 is 0 Å². The second-order valence-electron chi connectivity index (χ2n) is 7.12. The molecule has 0 aromatic heterocycles. The van der Waals surface area contributed by atoms with Crippen molar-refractivity contribution < 1.29 is 14.4 Å². The first kappa shape index (κ1) is 18.4. The molecule has 1 fully saturated rings. The van der Waals surface area contributed by atoms with Gasteiger partial charge < -0.3 is 10.2 Å². The van der Waals surface area contributed by atoms with Crippen molar-refractivity contribution >= 4 is 17.8 Å². The van der Waals surface area contributed by atoms with Gasteiger partial charge in [-0.3, -0.25) is 14.5 Å². The van der Waals surface area contributed by atoms with Crippen LogP contribution in [-0.2, 0) is 21.5 Å². The van der Waals surface area contributed by atoms with Crippen molar-refractivity contribution in [3.05, 3.63) is 35.4 Å². The highest BCUT2D eigenvalue weighted by Crippen LogP contribution is 2.39. The number of imide groups is 1. The molecule has 1 N–H and O–H groups in total. The summed E-state index contributed by atoms with van der Waals surface area (Å²) in [6.45, 7) is 5.12. The number of hydrogen-bond acceptors (Lipinski definition) is 3. The van der Waals surface area contributed by atoms with E-state index in [-0.39, 0.29) is 18.4 Å². The lowest BCUT2D eigenvalue weighted by molar-refractivity contribution is -0.139. The fourth-order valence-electron chi connectivity index (χ4n) is 4.09. The van der Waals surface area contributed by atoms with E-state index in [1.54, 1.807) is 4.90 Å². The highest BCUT2D eigenvalue weighted by atomic mass is 16.2. The maximum absolute atomic E-state index is 13.2. The Morgan fingerprint density at radius 1 is 1.19 bits per heavy atom. The van der Waals surface area contributed by atoms with Crippen LogP contribution in [0.5, 0.6) is 0 Å². The van der Waals surface area contributed by atoms with Crippen molar-refractivity contribution in [3.63, 3.8) is 0 Å². The quantitative estimate of drug-likeness (QED) is 0.795. The fraction of sp³-hybridized carbons (Fsp3) is 0.550. The second-order valence-corrected chi connectivity index (χ2v) is 7.12. The molecule has 1 atom stereocenters. The number of fused-ring (bicyclic) bond motifs is 2. The first-order valence-corrected chi connectivity index (χ1v) is 9.53. The topological polar surface area (TPSA) is 69.7 Å². The van der Waals surface area contributed by atoms with Crippen molar-refractivity contribution in [2.45, 2.75) is 51.5 Å². The molecule has 4 amide bonds. The average Bonchev–Trinajstić information content (AvgIpc) is 2.87. The van der Waals surface area contributed by atoms with E-state index in [4.69, 9.17) is 0 Å². The Balaban J connectivity index is 1.83. The van der Waals surface area contributed by atoms with E-state index in [0.29, 0.717) is 19.5 Å². The average molecular weight is 357 g/mol. The molecule has 0 bridgehead atoms. The summed E-state index contributed by atoms with van der Waals surface area (Å²) in [5, 5.41) is 2.90. The Morgan fingerprint density at radius 2 is 1.88 bits per heavy atom. The summed E-state index contributed by atoms with van der Waals surface area (Å²) >= 11 is 0. The zero-order valence-corrected chi connectivity index (χ0v) is 15.6. The van der Waals surface area contributed by atoms with Gasteiger partial charge in [0.25, 0.3) is 5.91 Å². The van der Waals surface area contributed by atoms with Gasteiger partial charge in [-0.05, 0) is 43.2 Å². The van der Waals surface area contributed by atoms with E-state index < -0.39 is 11.6 Å². The Hall–Kier alpha value is -2.37. The van der Waals surface area contributed by atoms with Crippen LogP contribution in [0.1, 0.15) is 50.7 Å². The normalized spacial score (nSPS) is 21.7. The van der Waals surface area contributed by atoms with Gasteiger partial charge in [0.2, 0.25) is 5.91 Å². The third kappa shape index (κ3) is 3.08. The minimum atomic E-state index is -1.01. The summed E-state index contributed by atoms with van der Waals surface area (Å²) in [6.07, 6.45) is 4.02. The highest BCUT2D eigenvalue weighted by molar-refractivity contribution is 6.09. The Kier molecular flexibility index (Phi) is 5.30. The molecule has 1 aliphatic heterocycles. The summed E-state index contributed by atoms with van der Waals surface area (Å²) in [7, 11) is 0. The van der Waals surface area contributed by atoms with Gasteiger partial charge >= 0.3 is 6.03 Å². The number of carbonyl (C=O) groups is 3. The van der Waals surface area contributed by atoms with Crippen molar-refractivity contribution in [2.75, 3.05) is 19.6 Å². The first-order valence-electron chi connectivity index (χ1n) is 9.53. The Morgan fingerprint density at radius 3 is 2.58 bits per heavy atom. The first-order chi connectivity index (χ1) is 12.5. The van der Waals surface area contributed by atoms with Crippen molar-refractivity contribution in [1.82, 2.24) is 15.1 Å². The number of rotatable bonds is 6. The summed E-state index contributed by atoms with van der Waals surface area (Å²) in [5.74, 6) is -0.464. The maximum Gasteiger partial charge on any atom is 0.325 e. The minimum absolute atomic E-state index is 0.168. The van der Waals surface area contributed by atoms with Gasteiger partial charge in [-0.1, -0.05) is 38.1 Å². The van der Waals surface area contributed by atoms with Crippen LogP contribution in [0.15, 0.2) is 24.3 Å². The smallest absolute Gasteiger partial charge is 0.325 e. The fourth-order valence-corrected chi connectivity index (χ4v) is 4.09. The van der Waals surface area contributed by atoms with Crippen LogP contribution in [0.25, 0.3) is 0 Å². The van der Waals surface area contributed by atoms with Crippen LogP contribution in [0.4, 0.5) is 4.79 Å². The SMILES string of the molecule is CCCN(CCC)C(=O)CN1C(=O)N[C@@]2(CCCc3ccccc32)C1=O. The van der Waals surface area contributed by atoms with Crippen molar-refractivity contribution in [1.29, 1.82) is 0 Å². The molecule has 1 aromatic rings. The number of amides is 4. The number of nitrogens with one attached hydrogen (secondary N) is 1. The molecule has 0 radical (unpaired) electrons. The predicted molar refractivity (Wildman–Crippen MR) is 98.5 cm³/mol. The number of carbonyl (C=O) groups excluding carboxylic acids is 3. The second kappa shape index (κ2) is 7.48. The third-order valence-corrected chi connectivity index (χ3v) is 5.28. The standard InChI is InChI=1S/C20H27N3O3/c1-3-12-22(13-4-2)17(24)14-23-18(25)20(21-19(23)26)11-7-9-15-8-5-6-10-16(15)20/h5-6,8,10H,3-4,7,9,11-14H2,1-2H3,(H,21,26)/t20-/m1/s1. The molecule has 0 saturated carbocycles. The monoisotopic (exact) mass is 357 g/mol. The van der Waals surface area contributed by atoms with Crippen molar-refractivity contribution in [2.24, 2.45) is 0 Å². The summed E-state index contributed by atoms with van der Waals surface area (Å²) < 4.78 is 0. The Labute approximate surface area is 154 Å². The van der Waals surface area contributed by atoms with E-state index in [1.165, 1.54) is 0 Å². The van der Waals surface area contributed by atoms with Gasteiger partial charge in [-0.2, -0.15) is 0 Å². The molecular weight excluding hydrogens is 330 g/mol. The largest absolute Gasteiger partial charge is 0.341 e. The highest BCUT2D eigenvalue weighted by Gasteiger charge is 2.54. The summed E-state index contributed by atoms with van der Waals surface area (Å²) in [6, 6.07) is 7.30. The van der Waals surface area contributed by atoms with Crippen molar-refractivity contribution in [3.8, 4) is 0 Å². The van der Waals surface area contributed by atoms with Crippen LogP contribution < -0.4 is 5.32 Å². The lowest BCUT2D eigenvalue weighted by Gasteiger charge is -2.33. The molecule has 26 heavy (non-hydrogen) atoms. The van der Waals surface area contributed by atoms with Gasteiger partial charge in [0.15, 0.2) is 0 Å². The van der Waals surface area contributed by atoms with Crippen LogP contribution in [0, 0.1) is 0 Å².